The van der Waals surface area contributed by atoms with Crippen molar-refractivity contribution in [3.63, 3.8) is 0 Å². The lowest BCUT2D eigenvalue weighted by Crippen LogP contribution is -2.38. The molecule has 0 heterocycles. The van der Waals surface area contributed by atoms with E-state index in [1.54, 1.807) is 13.2 Å². The van der Waals surface area contributed by atoms with E-state index in [-0.39, 0.29) is 11.9 Å². The highest BCUT2D eigenvalue weighted by atomic mass is 79.9. The topological polar surface area (TPSA) is 47.3 Å². The molecule has 2 aromatic carbocycles. The van der Waals surface area contributed by atoms with E-state index in [9.17, 15) is 4.39 Å². The molecule has 0 aromatic heterocycles. The first-order chi connectivity index (χ1) is 10.1. The van der Waals surface area contributed by atoms with Crippen molar-refractivity contribution in [3.05, 3.63) is 63.9 Å². The van der Waals surface area contributed by atoms with Gasteiger partial charge in [-0.1, -0.05) is 28.1 Å². The lowest BCUT2D eigenvalue weighted by molar-refractivity contribution is 0.404. The zero-order valence-corrected chi connectivity index (χ0v) is 13.4. The molecule has 1 unspecified atom stereocenters. The molecule has 0 spiro atoms. The van der Waals surface area contributed by atoms with Gasteiger partial charge in [-0.2, -0.15) is 0 Å². The summed E-state index contributed by atoms with van der Waals surface area (Å²) in [5.74, 6) is 6.22. The van der Waals surface area contributed by atoms with Crippen molar-refractivity contribution < 1.29 is 9.13 Å². The van der Waals surface area contributed by atoms with E-state index in [1.807, 2.05) is 24.3 Å². The van der Waals surface area contributed by atoms with Crippen molar-refractivity contribution in [2.45, 2.75) is 18.9 Å². The molecule has 0 aliphatic carbocycles. The number of hydrogen-bond donors (Lipinski definition) is 2. The van der Waals surface area contributed by atoms with Crippen LogP contribution in [0.2, 0.25) is 0 Å². The Balaban J connectivity index is 2.14. The Labute approximate surface area is 132 Å². The molecular weight excluding hydrogens is 335 g/mol. The van der Waals surface area contributed by atoms with E-state index in [0.717, 1.165) is 21.3 Å². The minimum Gasteiger partial charge on any atom is -0.496 e. The molecule has 0 aliphatic rings. The Bertz CT molecular complexity index is 607. The number of hydrazine groups is 1. The first-order valence-electron chi connectivity index (χ1n) is 6.65. The molecule has 5 heteroatoms. The number of rotatable bonds is 6. The van der Waals surface area contributed by atoms with Gasteiger partial charge in [-0.15, -0.1) is 0 Å². The van der Waals surface area contributed by atoms with Gasteiger partial charge in [0.1, 0.15) is 11.6 Å². The second kappa shape index (κ2) is 7.54. The second-order valence-electron chi connectivity index (χ2n) is 4.86. The second-order valence-corrected chi connectivity index (χ2v) is 5.77. The van der Waals surface area contributed by atoms with Crippen LogP contribution in [0.15, 0.2) is 46.9 Å². The van der Waals surface area contributed by atoms with Crippen LogP contribution >= 0.6 is 15.9 Å². The highest BCUT2D eigenvalue weighted by Crippen LogP contribution is 2.24. The lowest BCUT2D eigenvalue weighted by atomic mass is 9.99. The maximum atomic E-state index is 13.2. The molecule has 112 valence electrons. The maximum Gasteiger partial charge on any atom is 0.123 e. The van der Waals surface area contributed by atoms with Crippen molar-refractivity contribution in [1.82, 2.24) is 5.43 Å². The van der Waals surface area contributed by atoms with Crippen LogP contribution in [0.25, 0.3) is 0 Å². The predicted octanol–water partition coefficient (Wildman–Crippen LogP) is 3.21. The Morgan fingerprint density at radius 3 is 2.71 bits per heavy atom. The molecule has 0 aliphatic heterocycles. The third kappa shape index (κ3) is 4.52. The van der Waals surface area contributed by atoms with Gasteiger partial charge in [0.15, 0.2) is 0 Å². The predicted molar refractivity (Wildman–Crippen MR) is 85.6 cm³/mol. The smallest absolute Gasteiger partial charge is 0.123 e. The van der Waals surface area contributed by atoms with Crippen LogP contribution in [0.3, 0.4) is 0 Å². The van der Waals surface area contributed by atoms with E-state index < -0.39 is 0 Å². The zero-order chi connectivity index (χ0) is 15.2. The minimum absolute atomic E-state index is 0.00463. The number of ether oxygens (including phenoxy) is 1. The molecule has 0 bridgehead atoms. The quantitative estimate of drug-likeness (QED) is 0.619. The highest BCUT2D eigenvalue weighted by molar-refractivity contribution is 9.10. The first kappa shape index (κ1) is 15.9. The third-order valence-corrected chi connectivity index (χ3v) is 3.81. The SMILES string of the molecule is COc1ccc(Br)cc1CC(Cc1cccc(F)c1)NN. The molecule has 21 heavy (non-hydrogen) atoms. The van der Waals surface area contributed by atoms with Crippen molar-refractivity contribution in [3.8, 4) is 5.75 Å². The molecule has 3 N–H and O–H groups in total. The zero-order valence-electron chi connectivity index (χ0n) is 11.8. The van der Waals surface area contributed by atoms with E-state index in [0.29, 0.717) is 12.8 Å². The number of methoxy groups -OCH3 is 1. The Morgan fingerprint density at radius 2 is 2.05 bits per heavy atom. The summed E-state index contributed by atoms with van der Waals surface area (Å²) < 4.78 is 19.6. The lowest BCUT2D eigenvalue weighted by Gasteiger charge is -2.18. The van der Waals surface area contributed by atoms with Gasteiger partial charge in [0.25, 0.3) is 0 Å². The van der Waals surface area contributed by atoms with Gasteiger partial charge in [-0.3, -0.25) is 11.3 Å². The van der Waals surface area contributed by atoms with Gasteiger partial charge in [0, 0.05) is 10.5 Å². The summed E-state index contributed by atoms with van der Waals surface area (Å²) in [4.78, 5) is 0. The van der Waals surface area contributed by atoms with Crippen LogP contribution in [0.1, 0.15) is 11.1 Å². The molecule has 0 radical (unpaired) electrons. The Kier molecular flexibility index (Phi) is 5.73. The third-order valence-electron chi connectivity index (χ3n) is 3.32. The van der Waals surface area contributed by atoms with Gasteiger partial charge < -0.3 is 4.74 Å². The number of benzene rings is 2. The van der Waals surface area contributed by atoms with Crippen molar-refractivity contribution in [2.75, 3.05) is 7.11 Å². The van der Waals surface area contributed by atoms with Crippen LogP contribution in [-0.4, -0.2) is 13.2 Å². The summed E-state index contributed by atoms with van der Waals surface area (Å²) in [6, 6.07) is 12.4. The molecule has 1 atom stereocenters. The maximum absolute atomic E-state index is 13.2. The molecule has 2 aromatic rings. The Morgan fingerprint density at radius 1 is 1.24 bits per heavy atom. The number of hydrogen-bond acceptors (Lipinski definition) is 3. The van der Waals surface area contributed by atoms with Crippen LogP contribution in [0, 0.1) is 5.82 Å². The standard InChI is InChI=1S/C16H18BrFN2O/c1-21-16-6-5-13(17)9-12(16)10-15(20-19)8-11-3-2-4-14(18)7-11/h2-7,9,15,20H,8,10,19H2,1H3. The summed E-state index contributed by atoms with van der Waals surface area (Å²) in [5, 5.41) is 0. The molecule has 0 saturated heterocycles. The fraction of sp³-hybridized carbons (Fsp3) is 0.250. The van der Waals surface area contributed by atoms with Crippen molar-refractivity contribution in [1.29, 1.82) is 0 Å². The average molecular weight is 353 g/mol. The molecule has 0 fully saturated rings. The molecule has 0 amide bonds. The van der Waals surface area contributed by atoms with Gasteiger partial charge in [0.2, 0.25) is 0 Å². The van der Waals surface area contributed by atoms with Crippen LogP contribution < -0.4 is 16.0 Å². The van der Waals surface area contributed by atoms with Gasteiger partial charge >= 0.3 is 0 Å². The minimum atomic E-state index is -0.233. The number of nitrogens with one attached hydrogen (secondary N) is 1. The Hall–Kier alpha value is -1.43. The van der Waals surface area contributed by atoms with Crippen LogP contribution in [0.4, 0.5) is 4.39 Å². The van der Waals surface area contributed by atoms with Gasteiger partial charge in [-0.25, -0.2) is 4.39 Å². The fourth-order valence-electron chi connectivity index (χ4n) is 2.31. The van der Waals surface area contributed by atoms with E-state index in [2.05, 4.69) is 21.4 Å². The highest BCUT2D eigenvalue weighted by Gasteiger charge is 2.13. The van der Waals surface area contributed by atoms with E-state index >= 15 is 0 Å². The van der Waals surface area contributed by atoms with E-state index in [1.165, 1.54) is 12.1 Å². The summed E-state index contributed by atoms with van der Waals surface area (Å²) in [6.07, 6.45) is 1.33. The van der Waals surface area contributed by atoms with Crippen LogP contribution in [-0.2, 0) is 12.8 Å². The number of halogens is 2. The van der Waals surface area contributed by atoms with Crippen molar-refractivity contribution in [2.24, 2.45) is 5.84 Å². The van der Waals surface area contributed by atoms with Gasteiger partial charge in [-0.05, 0) is 54.3 Å². The first-order valence-corrected chi connectivity index (χ1v) is 7.44. The van der Waals surface area contributed by atoms with Gasteiger partial charge in [0.05, 0.1) is 7.11 Å². The van der Waals surface area contributed by atoms with Crippen LogP contribution in [0.5, 0.6) is 5.75 Å². The molecule has 3 nitrogen and oxygen atoms in total. The summed E-state index contributed by atoms with van der Waals surface area (Å²) in [7, 11) is 1.64. The summed E-state index contributed by atoms with van der Waals surface area (Å²) >= 11 is 3.46. The molecule has 0 saturated carbocycles. The molecule has 2 rings (SSSR count). The normalized spacial score (nSPS) is 12.2. The summed E-state index contributed by atoms with van der Waals surface area (Å²) in [5.41, 5.74) is 4.75. The number of nitrogens with two attached hydrogens (primary N) is 1. The fourth-order valence-corrected chi connectivity index (χ4v) is 2.72. The largest absolute Gasteiger partial charge is 0.496 e. The monoisotopic (exact) mass is 352 g/mol. The molecular formula is C16H18BrFN2O. The summed E-state index contributed by atoms with van der Waals surface area (Å²) in [6.45, 7) is 0. The average Bonchev–Trinajstić information content (AvgIpc) is 2.47. The van der Waals surface area contributed by atoms with E-state index in [4.69, 9.17) is 10.6 Å². The van der Waals surface area contributed by atoms with Crippen molar-refractivity contribution >= 4 is 15.9 Å².